The molecule has 1 aromatic carbocycles. The van der Waals surface area contributed by atoms with Crippen LogP contribution >= 0.6 is 0 Å². The number of carbonyl (C=O) groups excluding carboxylic acids is 2. The van der Waals surface area contributed by atoms with Crippen LogP contribution in [0.4, 0.5) is 11.5 Å². The third kappa shape index (κ3) is 3.86. The van der Waals surface area contributed by atoms with Gasteiger partial charge in [0.1, 0.15) is 24.1 Å². The van der Waals surface area contributed by atoms with Crippen LogP contribution < -0.4 is 11.1 Å². The molecule has 0 saturated carbocycles. The molecule has 0 radical (unpaired) electrons. The second-order valence-electron chi connectivity index (χ2n) is 8.32. The van der Waals surface area contributed by atoms with Gasteiger partial charge < -0.3 is 41.0 Å². The minimum atomic E-state index is -1.56. The smallest absolute Gasteiger partial charge is 0.255 e. The van der Waals surface area contributed by atoms with E-state index in [4.69, 9.17) is 10.5 Å². The van der Waals surface area contributed by atoms with Crippen molar-refractivity contribution in [2.24, 2.45) is 0 Å². The summed E-state index contributed by atoms with van der Waals surface area (Å²) in [5.41, 5.74) is 6.82. The summed E-state index contributed by atoms with van der Waals surface area (Å²) in [5.74, 6) is -1.05. The van der Waals surface area contributed by atoms with Crippen molar-refractivity contribution in [2.75, 3.05) is 24.1 Å². The van der Waals surface area contributed by atoms with Crippen LogP contribution in [0.25, 0.3) is 21.9 Å². The van der Waals surface area contributed by atoms with Crippen LogP contribution in [-0.2, 0) is 14.3 Å². The molecule has 2 amide bonds. The van der Waals surface area contributed by atoms with E-state index in [-0.39, 0.29) is 36.0 Å². The predicted octanol–water partition coefficient (Wildman–Crippen LogP) is -0.298. The van der Waals surface area contributed by atoms with Gasteiger partial charge in [0, 0.05) is 23.5 Å². The van der Waals surface area contributed by atoms with Crippen molar-refractivity contribution in [3.63, 3.8) is 0 Å². The normalized spacial score (nSPS) is 21.8. The van der Waals surface area contributed by atoms with Crippen LogP contribution in [0.5, 0.6) is 5.88 Å². The number of aromatic hydroxyl groups is 1. The lowest BCUT2D eigenvalue weighted by atomic mass is 10.1. The lowest BCUT2D eigenvalue weighted by Crippen LogP contribution is -2.47. The molecule has 0 aliphatic carbocycles. The number of anilines is 2. The number of nitrogens with one attached hydrogen (secondary N) is 2. The lowest BCUT2D eigenvalue weighted by molar-refractivity contribution is -0.150. The first-order chi connectivity index (χ1) is 17.3. The zero-order valence-corrected chi connectivity index (χ0v) is 19.1. The van der Waals surface area contributed by atoms with E-state index in [1.54, 1.807) is 31.3 Å². The van der Waals surface area contributed by atoms with Crippen molar-refractivity contribution in [1.29, 1.82) is 0 Å². The number of ether oxygens (including phenoxy) is 1. The van der Waals surface area contributed by atoms with Crippen LogP contribution in [0.3, 0.4) is 0 Å². The highest BCUT2D eigenvalue weighted by molar-refractivity contribution is 6.05. The number of imidazole rings is 1. The average molecular weight is 496 g/mol. The molecule has 1 aliphatic heterocycles. The number of rotatable bonds is 6. The Bertz CT molecular complexity index is 1450. The van der Waals surface area contributed by atoms with Crippen LogP contribution in [0.15, 0.2) is 37.1 Å². The van der Waals surface area contributed by atoms with E-state index in [2.05, 4.69) is 25.3 Å². The Morgan fingerprint density at radius 1 is 1.22 bits per heavy atom. The summed E-state index contributed by atoms with van der Waals surface area (Å²) in [6.07, 6.45) is -1.52. The van der Waals surface area contributed by atoms with Crippen molar-refractivity contribution in [1.82, 2.24) is 29.4 Å². The Hall–Kier alpha value is -4.27. The molecule has 0 bridgehead atoms. The Labute approximate surface area is 203 Å². The van der Waals surface area contributed by atoms with Crippen molar-refractivity contribution in [3.8, 4) is 5.88 Å². The van der Waals surface area contributed by atoms with Gasteiger partial charge in [0.2, 0.25) is 5.91 Å². The second-order valence-corrected chi connectivity index (χ2v) is 8.32. The standard InChI is InChI=1S/C22H24N8O6/c1-2-29(7-13(31)28-12-5-3-4-10-11(12)6-24-20(10)34)21(35)17-15(32)16(33)22(36-17)30-9-27-14-18(23)25-8-26-19(14)30/h3-6,8-9,15-17,22,24,32-34H,2,7H2,1H3,(H,28,31)(H2,23,25,26). The second kappa shape index (κ2) is 9.07. The maximum Gasteiger partial charge on any atom is 0.255 e. The number of likely N-dealkylation sites (N-methyl/N-ethyl adjacent to an activating group) is 1. The first-order valence-electron chi connectivity index (χ1n) is 11.1. The van der Waals surface area contributed by atoms with Crippen LogP contribution in [-0.4, -0.2) is 87.9 Å². The molecule has 3 aromatic heterocycles. The van der Waals surface area contributed by atoms with Gasteiger partial charge in [0.15, 0.2) is 29.7 Å². The molecule has 188 valence electrons. The zero-order chi connectivity index (χ0) is 25.6. The number of hydrogen-bond donors (Lipinski definition) is 6. The number of amides is 2. The molecule has 4 unspecified atom stereocenters. The molecule has 0 spiro atoms. The first kappa shape index (κ1) is 23.5. The molecule has 14 heteroatoms. The van der Waals surface area contributed by atoms with Crippen molar-refractivity contribution >= 4 is 45.3 Å². The summed E-state index contributed by atoms with van der Waals surface area (Å²) in [7, 11) is 0. The van der Waals surface area contributed by atoms with Crippen LogP contribution in [0.1, 0.15) is 13.2 Å². The minimum absolute atomic E-state index is 0.0215. The summed E-state index contributed by atoms with van der Waals surface area (Å²) >= 11 is 0. The van der Waals surface area contributed by atoms with Crippen LogP contribution in [0.2, 0.25) is 0 Å². The van der Waals surface area contributed by atoms with E-state index in [1.165, 1.54) is 22.1 Å². The van der Waals surface area contributed by atoms with E-state index >= 15 is 0 Å². The third-order valence-corrected chi connectivity index (χ3v) is 6.16. The summed E-state index contributed by atoms with van der Waals surface area (Å²) in [5, 5.41) is 35.0. The van der Waals surface area contributed by atoms with E-state index in [0.29, 0.717) is 16.5 Å². The summed E-state index contributed by atoms with van der Waals surface area (Å²) in [4.78, 5) is 41.9. The van der Waals surface area contributed by atoms with Crippen molar-refractivity contribution in [3.05, 3.63) is 37.1 Å². The van der Waals surface area contributed by atoms with Crippen molar-refractivity contribution < 1.29 is 29.6 Å². The molecule has 4 heterocycles. The summed E-state index contributed by atoms with van der Waals surface area (Å²) in [6.45, 7) is 1.49. The van der Waals surface area contributed by atoms with Gasteiger partial charge in [-0.15, -0.1) is 0 Å². The average Bonchev–Trinajstić information content (AvgIpc) is 3.55. The van der Waals surface area contributed by atoms with Gasteiger partial charge in [-0.3, -0.25) is 14.2 Å². The van der Waals surface area contributed by atoms with Crippen LogP contribution in [0, 0.1) is 0 Å². The molecule has 5 rings (SSSR count). The number of nitrogens with zero attached hydrogens (tertiary/aromatic N) is 5. The van der Waals surface area contributed by atoms with Gasteiger partial charge in [-0.2, -0.15) is 0 Å². The number of carbonyl (C=O) groups is 2. The number of hydrogen-bond acceptors (Lipinski definition) is 10. The van der Waals surface area contributed by atoms with E-state index in [0.717, 1.165) is 0 Å². The first-order valence-corrected chi connectivity index (χ1v) is 11.1. The number of H-pyrrole nitrogens is 1. The quantitative estimate of drug-likeness (QED) is 0.206. The number of nitrogen functional groups attached to an aromatic ring is 1. The highest BCUT2D eigenvalue weighted by Crippen LogP contribution is 2.33. The molecule has 36 heavy (non-hydrogen) atoms. The fraction of sp³-hybridized carbons (Fsp3) is 0.318. The SMILES string of the molecule is CCN(CC(=O)Nc1cccc2c(O)[nH]cc12)C(=O)C1OC(n2cnc3c(N)ncnc32)C(O)C1O. The Kier molecular flexibility index (Phi) is 5.91. The van der Waals surface area contributed by atoms with Gasteiger partial charge >= 0.3 is 0 Å². The number of aliphatic hydroxyl groups is 2. The number of nitrogens with two attached hydrogens (primary N) is 1. The fourth-order valence-electron chi connectivity index (χ4n) is 4.29. The largest absolute Gasteiger partial charge is 0.494 e. The van der Waals surface area contributed by atoms with E-state index in [1.807, 2.05) is 0 Å². The zero-order valence-electron chi connectivity index (χ0n) is 19.1. The highest BCUT2D eigenvalue weighted by atomic mass is 16.6. The van der Waals surface area contributed by atoms with Gasteiger partial charge in [0.05, 0.1) is 18.6 Å². The fourth-order valence-corrected chi connectivity index (χ4v) is 4.29. The summed E-state index contributed by atoms with van der Waals surface area (Å²) in [6, 6.07) is 5.04. The maximum absolute atomic E-state index is 13.2. The molecule has 1 saturated heterocycles. The monoisotopic (exact) mass is 496 g/mol. The molecule has 1 fully saturated rings. The highest BCUT2D eigenvalue weighted by Gasteiger charge is 2.49. The minimum Gasteiger partial charge on any atom is -0.494 e. The number of aromatic amines is 1. The Morgan fingerprint density at radius 3 is 2.81 bits per heavy atom. The number of fused-ring (bicyclic) bond motifs is 2. The molecule has 4 atom stereocenters. The topological polar surface area (TPSA) is 205 Å². The molecular formula is C22H24N8O6. The molecular weight excluding hydrogens is 472 g/mol. The number of benzene rings is 1. The molecule has 4 aromatic rings. The van der Waals surface area contributed by atoms with Gasteiger partial charge in [-0.25, -0.2) is 15.0 Å². The van der Waals surface area contributed by atoms with E-state index in [9.17, 15) is 24.9 Å². The molecule has 7 N–H and O–H groups in total. The van der Waals surface area contributed by atoms with Gasteiger partial charge in [-0.05, 0) is 19.1 Å². The molecule has 14 nitrogen and oxygen atoms in total. The Morgan fingerprint density at radius 2 is 2.03 bits per heavy atom. The van der Waals surface area contributed by atoms with Gasteiger partial charge in [0.25, 0.3) is 5.91 Å². The third-order valence-electron chi connectivity index (χ3n) is 6.16. The van der Waals surface area contributed by atoms with Crippen molar-refractivity contribution in [2.45, 2.75) is 31.5 Å². The number of aromatic nitrogens is 5. The summed E-state index contributed by atoms with van der Waals surface area (Å²) < 4.78 is 7.12. The lowest BCUT2D eigenvalue weighted by Gasteiger charge is -2.25. The predicted molar refractivity (Wildman–Crippen MR) is 127 cm³/mol. The Balaban J connectivity index is 1.31. The maximum atomic E-state index is 13.2. The van der Waals surface area contributed by atoms with Gasteiger partial charge in [-0.1, -0.05) is 6.07 Å². The molecule has 1 aliphatic rings. The number of aliphatic hydroxyl groups excluding tert-OH is 2. The van der Waals surface area contributed by atoms with E-state index < -0.39 is 36.4 Å².